The maximum Gasteiger partial charge on any atom is 0.132 e. The van der Waals surface area contributed by atoms with E-state index < -0.39 is 0 Å². The summed E-state index contributed by atoms with van der Waals surface area (Å²) in [5.74, 6) is 1.68. The van der Waals surface area contributed by atoms with Gasteiger partial charge in [0.2, 0.25) is 0 Å². The van der Waals surface area contributed by atoms with Crippen LogP contribution in [0.25, 0.3) is 0 Å². The van der Waals surface area contributed by atoms with Crippen molar-refractivity contribution in [1.29, 1.82) is 5.26 Å². The second kappa shape index (κ2) is 7.17. The molecule has 3 nitrogen and oxygen atoms in total. The van der Waals surface area contributed by atoms with E-state index in [2.05, 4.69) is 6.07 Å². The highest BCUT2D eigenvalue weighted by Gasteiger charge is 2.14. The largest absolute Gasteiger partial charge is 0.496 e. The van der Waals surface area contributed by atoms with Crippen LogP contribution >= 0.6 is 11.8 Å². The molecule has 0 aromatic heterocycles. The van der Waals surface area contributed by atoms with Crippen molar-refractivity contribution >= 4 is 11.8 Å². The topological polar surface area (TPSA) is 42.2 Å². The van der Waals surface area contributed by atoms with E-state index in [1.165, 1.54) is 0 Å². The molecule has 0 bridgehead atoms. The predicted molar refractivity (Wildman–Crippen MR) is 74.4 cm³/mol. The minimum atomic E-state index is 0.0173. The fraction of sp³-hybridized carbons (Fsp3) is 0.500. The summed E-state index contributed by atoms with van der Waals surface area (Å²) in [5, 5.41) is 9.05. The molecule has 0 spiro atoms. The number of ether oxygens (including phenoxy) is 2. The maximum absolute atomic E-state index is 9.05. The van der Waals surface area contributed by atoms with Gasteiger partial charge >= 0.3 is 0 Å². The molecule has 1 aromatic carbocycles. The van der Waals surface area contributed by atoms with Crippen molar-refractivity contribution in [2.75, 3.05) is 20.5 Å². The van der Waals surface area contributed by atoms with Gasteiger partial charge in [0.15, 0.2) is 0 Å². The molecule has 4 heteroatoms. The maximum atomic E-state index is 9.05. The van der Waals surface area contributed by atoms with Gasteiger partial charge in [0, 0.05) is 0 Å². The average molecular weight is 265 g/mol. The molecule has 0 radical (unpaired) electrons. The first kappa shape index (κ1) is 14.7. The van der Waals surface area contributed by atoms with Gasteiger partial charge in [-0.25, -0.2) is 0 Å². The van der Waals surface area contributed by atoms with Crippen molar-refractivity contribution in [1.82, 2.24) is 0 Å². The number of methoxy groups -OCH3 is 2. The predicted octanol–water partition coefficient (Wildman–Crippen LogP) is 3.52. The SMILES string of the molecule is CCC(C#N)Cc1cc(OC)c(SC)cc1OC. The van der Waals surface area contributed by atoms with E-state index in [1.54, 1.807) is 26.0 Å². The minimum Gasteiger partial charge on any atom is -0.496 e. The first-order valence-corrected chi connectivity index (χ1v) is 7.11. The van der Waals surface area contributed by atoms with Gasteiger partial charge in [0.1, 0.15) is 11.5 Å². The van der Waals surface area contributed by atoms with Gasteiger partial charge in [0.25, 0.3) is 0 Å². The molecule has 0 aliphatic heterocycles. The van der Waals surface area contributed by atoms with Crippen molar-refractivity contribution in [3.05, 3.63) is 17.7 Å². The Morgan fingerprint density at radius 2 is 1.94 bits per heavy atom. The zero-order valence-corrected chi connectivity index (χ0v) is 12.1. The van der Waals surface area contributed by atoms with Crippen LogP contribution in [0, 0.1) is 17.2 Å². The van der Waals surface area contributed by atoms with Gasteiger partial charge in [-0.05, 0) is 36.8 Å². The summed E-state index contributed by atoms with van der Waals surface area (Å²) >= 11 is 1.62. The van der Waals surface area contributed by atoms with Gasteiger partial charge in [-0.1, -0.05) is 6.92 Å². The van der Waals surface area contributed by atoms with Gasteiger partial charge in [0.05, 0.1) is 31.1 Å². The van der Waals surface area contributed by atoms with Crippen LogP contribution < -0.4 is 9.47 Å². The second-order valence-electron chi connectivity index (χ2n) is 3.96. The summed E-state index contributed by atoms with van der Waals surface area (Å²) in [7, 11) is 3.32. The van der Waals surface area contributed by atoms with Crippen LogP contribution in [0.4, 0.5) is 0 Å². The summed E-state index contributed by atoms with van der Waals surface area (Å²) in [6, 6.07) is 6.27. The van der Waals surface area contributed by atoms with Crippen LogP contribution in [0.3, 0.4) is 0 Å². The fourth-order valence-electron chi connectivity index (χ4n) is 1.80. The summed E-state index contributed by atoms with van der Waals surface area (Å²) in [5.41, 5.74) is 1.03. The van der Waals surface area contributed by atoms with Gasteiger partial charge in [-0.2, -0.15) is 5.26 Å². The Bertz CT molecular complexity index is 440. The molecule has 0 fully saturated rings. The molecular weight excluding hydrogens is 246 g/mol. The number of hydrogen-bond acceptors (Lipinski definition) is 4. The van der Waals surface area contributed by atoms with E-state index in [-0.39, 0.29) is 5.92 Å². The van der Waals surface area contributed by atoms with Crippen LogP contribution in [0.1, 0.15) is 18.9 Å². The summed E-state index contributed by atoms with van der Waals surface area (Å²) in [6.07, 6.45) is 3.54. The second-order valence-corrected chi connectivity index (χ2v) is 4.81. The lowest BCUT2D eigenvalue weighted by Gasteiger charge is -2.15. The first-order chi connectivity index (χ1) is 8.69. The van der Waals surface area contributed by atoms with Crippen LogP contribution in [-0.4, -0.2) is 20.5 Å². The van der Waals surface area contributed by atoms with E-state index in [0.717, 1.165) is 28.4 Å². The molecule has 0 heterocycles. The standard InChI is InChI=1S/C14H19NO2S/c1-5-10(9-15)6-11-7-13(17-3)14(18-4)8-12(11)16-2/h7-8,10H,5-6H2,1-4H3. The molecule has 1 unspecified atom stereocenters. The number of hydrogen-bond donors (Lipinski definition) is 0. The van der Waals surface area contributed by atoms with E-state index >= 15 is 0 Å². The van der Waals surface area contributed by atoms with Crippen LogP contribution in [-0.2, 0) is 6.42 Å². The third-order valence-corrected chi connectivity index (χ3v) is 3.69. The minimum absolute atomic E-state index is 0.0173. The molecule has 1 rings (SSSR count). The monoisotopic (exact) mass is 265 g/mol. The van der Waals surface area contributed by atoms with E-state index in [1.807, 2.05) is 25.3 Å². The van der Waals surface area contributed by atoms with Gasteiger partial charge in [-0.3, -0.25) is 0 Å². The molecular formula is C14H19NO2S. The molecule has 0 saturated heterocycles. The Labute approximate surface area is 113 Å². The number of nitriles is 1. The third kappa shape index (κ3) is 3.33. The zero-order valence-electron chi connectivity index (χ0n) is 11.3. The molecule has 0 amide bonds. The average Bonchev–Trinajstić information content (AvgIpc) is 2.43. The molecule has 0 N–H and O–H groups in total. The number of rotatable bonds is 6. The number of nitrogens with zero attached hydrogens (tertiary/aromatic N) is 1. The van der Waals surface area contributed by atoms with Crippen LogP contribution in [0.15, 0.2) is 17.0 Å². The Hall–Kier alpha value is -1.34. The summed E-state index contributed by atoms with van der Waals surface area (Å²) in [6.45, 7) is 2.02. The summed E-state index contributed by atoms with van der Waals surface area (Å²) in [4.78, 5) is 1.04. The van der Waals surface area contributed by atoms with E-state index in [9.17, 15) is 0 Å². The van der Waals surface area contributed by atoms with Crippen molar-refractivity contribution < 1.29 is 9.47 Å². The van der Waals surface area contributed by atoms with E-state index in [4.69, 9.17) is 14.7 Å². The molecule has 98 valence electrons. The quantitative estimate of drug-likeness (QED) is 0.738. The lowest BCUT2D eigenvalue weighted by Crippen LogP contribution is -2.03. The van der Waals surface area contributed by atoms with E-state index in [0.29, 0.717) is 6.42 Å². The molecule has 0 aliphatic carbocycles. The van der Waals surface area contributed by atoms with Gasteiger partial charge < -0.3 is 9.47 Å². The van der Waals surface area contributed by atoms with Crippen molar-refractivity contribution in [3.8, 4) is 17.6 Å². The summed E-state index contributed by atoms with van der Waals surface area (Å²) < 4.78 is 10.8. The lowest BCUT2D eigenvalue weighted by molar-refractivity contribution is 0.388. The molecule has 0 saturated carbocycles. The van der Waals surface area contributed by atoms with Crippen molar-refractivity contribution in [2.24, 2.45) is 5.92 Å². The third-order valence-electron chi connectivity index (χ3n) is 2.93. The highest BCUT2D eigenvalue weighted by Crippen LogP contribution is 2.35. The molecule has 0 aliphatic rings. The fourth-order valence-corrected chi connectivity index (χ4v) is 2.37. The zero-order chi connectivity index (χ0) is 13.5. The molecule has 1 atom stereocenters. The Kier molecular flexibility index (Phi) is 5.87. The van der Waals surface area contributed by atoms with Crippen LogP contribution in [0.5, 0.6) is 11.5 Å². The highest BCUT2D eigenvalue weighted by molar-refractivity contribution is 7.98. The Balaban J connectivity index is 3.13. The Morgan fingerprint density at radius 3 is 2.39 bits per heavy atom. The first-order valence-electron chi connectivity index (χ1n) is 5.88. The normalized spacial score (nSPS) is 11.7. The Morgan fingerprint density at radius 1 is 1.28 bits per heavy atom. The molecule has 1 aromatic rings. The number of thioether (sulfide) groups is 1. The number of benzene rings is 1. The smallest absolute Gasteiger partial charge is 0.132 e. The van der Waals surface area contributed by atoms with Gasteiger partial charge in [-0.15, -0.1) is 11.8 Å². The lowest BCUT2D eigenvalue weighted by atomic mass is 9.97. The van der Waals surface area contributed by atoms with Crippen molar-refractivity contribution in [3.63, 3.8) is 0 Å². The highest BCUT2D eigenvalue weighted by atomic mass is 32.2. The molecule has 18 heavy (non-hydrogen) atoms. The van der Waals surface area contributed by atoms with Crippen LogP contribution in [0.2, 0.25) is 0 Å². The van der Waals surface area contributed by atoms with Crippen molar-refractivity contribution in [2.45, 2.75) is 24.7 Å².